The second-order valence-corrected chi connectivity index (χ2v) is 4.56. The van der Waals surface area contributed by atoms with Crippen molar-refractivity contribution in [2.75, 3.05) is 12.4 Å². The molecule has 0 aliphatic carbocycles. The van der Waals surface area contributed by atoms with Crippen molar-refractivity contribution in [2.45, 2.75) is 19.8 Å². The van der Waals surface area contributed by atoms with Crippen LogP contribution in [0.3, 0.4) is 0 Å². The summed E-state index contributed by atoms with van der Waals surface area (Å²) in [4.78, 5) is 8.39. The number of anilines is 1. The molecule has 0 aliphatic heterocycles. The van der Waals surface area contributed by atoms with Gasteiger partial charge in [-0.25, -0.2) is 9.97 Å². The van der Waals surface area contributed by atoms with E-state index in [-0.39, 0.29) is 5.92 Å². The Balaban J connectivity index is 2.46. The lowest BCUT2D eigenvalue weighted by Crippen LogP contribution is -2.05. The molecule has 1 aromatic carbocycles. The number of para-hydroxylation sites is 1. The lowest BCUT2D eigenvalue weighted by Gasteiger charge is -2.16. The summed E-state index contributed by atoms with van der Waals surface area (Å²) in [6, 6.07) is 9.20. The molecule has 1 heterocycles. The van der Waals surface area contributed by atoms with Crippen molar-refractivity contribution < 1.29 is 4.74 Å². The summed E-state index contributed by atoms with van der Waals surface area (Å²) in [7, 11) is 1.81. The van der Waals surface area contributed by atoms with Gasteiger partial charge in [-0.15, -0.1) is 0 Å². The van der Waals surface area contributed by atoms with Gasteiger partial charge in [0.1, 0.15) is 24.0 Å². The minimum absolute atomic E-state index is 0.197. The molecule has 0 amide bonds. The molecule has 0 unspecified atom stereocenters. The maximum atomic E-state index is 9.10. The Labute approximate surface area is 118 Å². The van der Waals surface area contributed by atoms with Gasteiger partial charge in [-0.1, -0.05) is 26.0 Å². The number of nitrogens with zero attached hydrogens (tertiary/aromatic N) is 3. The van der Waals surface area contributed by atoms with Crippen molar-refractivity contribution in [3.63, 3.8) is 0 Å². The second kappa shape index (κ2) is 6.02. The molecule has 0 radical (unpaired) electrons. The molecule has 1 aromatic heterocycles. The van der Waals surface area contributed by atoms with Gasteiger partial charge in [-0.3, -0.25) is 0 Å². The number of ether oxygens (including phenoxy) is 1. The van der Waals surface area contributed by atoms with Crippen molar-refractivity contribution >= 4 is 5.82 Å². The molecule has 0 aliphatic rings. The Morgan fingerprint density at radius 2 is 2.00 bits per heavy atom. The number of rotatable bonds is 4. The van der Waals surface area contributed by atoms with Gasteiger partial charge in [0.2, 0.25) is 5.88 Å². The first-order valence-electron chi connectivity index (χ1n) is 6.37. The summed E-state index contributed by atoms with van der Waals surface area (Å²) in [6.07, 6.45) is 1.45. The first-order valence-corrected chi connectivity index (χ1v) is 6.37. The topological polar surface area (TPSA) is 70.8 Å². The van der Waals surface area contributed by atoms with Gasteiger partial charge in [-0.05, 0) is 18.1 Å². The normalized spacial score (nSPS) is 10.2. The smallest absolute Gasteiger partial charge is 0.227 e. The molecule has 20 heavy (non-hydrogen) atoms. The Morgan fingerprint density at radius 1 is 1.25 bits per heavy atom. The number of hydrogen-bond donors (Lipinski definition) is 1. The van der Waals surface area contributed by atoms with Gasteiger partial charge in [0, 0.05) is 7.05 Å². The van der Waals surface area contributed by atoms with Crippen LogP contribution in [0.2, 0.25) is 0 Å². The zero-order valence-corrected chi connectivity index (χ0v) is 11.7. The number of aromatic nitrogens is 2. The predicted octanol–water partition coefficient (Wildman–Crippen LogP) is 3.31. The van der Waals surface area contributed by atoms with E-state index in [1.165, 1.54) is 6.33 Å². The van der Waals surface area contributed by atoms with Gasteiger partial charge < -0.3 is 10.1 Å². The SMILES string of the molecule is CNc1ncnc(Oc2ccccc2C#N)c1C(C)C. The highest BCUT2D eigenvalue weighted by molar-refractivity contribution is 5.52. The second-order valence-electron chi connectivity index (χ2n) is 4.56. The first kappa shape index (κ1) is 13.8. The van der Waals surface area contributed by atoms with Crippen LogP contribution in [0.25, 0.3) is 0 Å². The minimum Gasteiger partial charge on any atom is -0.437 e. The molecular weight excluding hydrogens is 252 g/mol. The quantitative estimate of drug-likeness (QED) is 0.921. The van der Waals surface area contributed by atoms with E-state index in [9.17, 15) is 0 Å². The molecule has 2 aromatic rings. The number of hydrogen-bond acceptors (Lipinski definition) is 5. The summed E-state index contributed by atoms with van der Waals surface area (Å²) in [5, 5.41) is 12.1. The van der Waals surface area contributed by atoms with E-state index in [1.807, 2.05) is 19.9 Å². The fourth-order valence-electron chi connectivity index (χ4n) is 1.93. The molecule has 2 rings (SSSR count). The van der Waals surface area contributed by atoms with Crippen molar-refractivity contribution in [1.29, 1.82) is 5.26 Å². The van der Waals surface area contributed by atoms with E-state index in [2.05, 4.69) is 21.4 Å². The average molecular weight is 268 g/mol. The van der Waals surface area contributed by atoms with E-state index in [4.69, 9.17) is 10.00 Å². The van der Waals surface area contributed by atoms with Crippen LogP contribution in [-0.4, -0.2) is 17.0 Å². The van der Waals surface area contributed by atoms with E-state index < -0.39 is 0 Å². The summed E-state index contributed by atoms with van der Waals surface area (Å²) in [5.41, 5.74) is 1.37. The molecule has 5 nitrogen and oxygen atoms in total. The monoisotopic (exact) mass is 268 g/mol. The van der Waals surface area contributed by atoms with Gasteiger partial charge in [0.15, 0.2) is 0 Å². The number of benzene rings is 1. The zero-order valence-electron chi connectivity index (χ0n) is 11.7. The Kier molecular flexibility index (Phi) is 4.16. The third-order valence-electron chi connectivity index (χ3n) is 2.88. The van der Waals surface area contributed by atoms with Crippen LogP contribution in [0.4, 0.5) is 5.82 Å². The number of nitrogens with one attached hydrogen (secondary N) is 1. The van der Waals surface area contributed by atoms with Crippen LogP contribution in [0.15, 0.2) is 30.6 Å². The lowest BCUT2D eigenvalue weighted by atomic mass is 10.1. The molecule has 0 atom stereocenters. The average Bonchev–Trinajstić information content (AvgIpc) is 2.47. The fourth-order valence-corrected chi connectivity index (χ4v) is 1.93. The Morgan fingerprint density at radius 3 is 2.65 bits per heavy atom. The molecular formula is C15H16N4O. The molecule has 0 spiro atoms. The molecule has 0 saturated carbocycles. The molecule has 5 heteroatoms. The molecule has 1 N–H and O–H groups in total. The predicted molar refractivity (Wildman–Crippen MR) is 76.9 cm³/mol. The minimum atomic E-state index is 0.197. The summed E-state index contributed by atoms with van der Waals surface area (Å²) < 4.78 is 5.82. The van der Waals surface area contributed by atoms with Crippen molar-refractivity contribution in [3.05, 3.63) is 41.7 Å². The maximum Gasteiger partial charge on any atom is 0.227 e. The van der Waals surface area contributed by atoms with Gasteiger partial charge >= 0.3 is 0 Å². The number of nitriles is 1. The Hall–Kier alpha value is -2.61. The van der Waals surface area contributed by atoms with Gasteiger partial charge in [-0.2, -0.15) is 5.26 Å². The highest BCUT2D eigenvalue weighted by atomic mass is 16.5. The van der Waals surface area contributed by atoms with Crippen LogP contribution in [0.1, 0.15) is 30.9 Å². The highest BCUT2D eigenvalue weighted by Gasteiger charge is 2.17. The standard InChI is InChI=1S/C15H16N4O/c1-10(2)13-14(17-3)18-9-19-15(13)20-12-7-5-4-6-11(12)8-16/h4-7,9-10H,1-3H3,(H,17,18,19). The largest absolute Gasteiger partial charge is 0.437 e. The van der Waals surface area contributed by atoms with Gasteiger partial charge in [0.25, 0.3) is 0 Å². The summed E-state index contributed by atoms with van der Waals surface area (Å²) in [5.74, 6) is 1.90. The van der Waals surface area contributed by atoms with Crippen LogP contribution >= 0.6 is 0 Å². The van der Waals surface area contributed by atoms with E-state index in [0.29, 0.717) is 17.2 Å². The third kappa shape index (κ3) is 2.69. The van der Waals surface area contributed by atoms with E-state index >= 15 is 0 Å². The molecule has 0 bridgehead atoms. The van der Waals surface area contributed by atoms with Crippen LogP contribution in [0, 0.1) is 11.3 Å². The van der Waals surface area contributed by atoms with Crippen LogP contribution in [-0.2, 0) is 0 Å². The van der Waals surface area contributed by atoms with Crippen molar-refractivity contribution in [3.8, 4) is 17.7 Å². The first-order chi connectivity index (χ1) is 9.67. The lowest BCUT2D eigenvalue weighted by molar-refractivity contribution is 0.450. The third-order valence-corrected chi connectivity index (χ3v) is 2.88. The summed E-state index contributed by atoms with van der Waals surface area (Å²) >= 11 is 0. The zero-order chi connectivity index (χ0) is 14.5. The maximum absolute atomic E-state index is 9.10. The Bertz CT molecular complexity index is 647. The molecule has 0 fully saturated rings. The molecule has 102 valence electrons. The highest BCUT2D eigenvalue weighted by Crippen LogP contribution is 2.33. The summed E-state index contributed by atoms with van der Waals surface area (Å²) in [6.45, 7) is 4.09. The van der Waals surface area contributed by atoms with Gasteiger partial charge in [0.05, 0.1) is 11.1 Å². The van der Waals surface area contributed by atoms with E-state index in [0.717, 1.165) is 11.4 Å². The van der Waals surface area contributed by atoms with Crippen LogP contribution in [0.5, 0.6) is 11.6 Å². The van der Waals surface area contributed by atoms with Crippen molar-refractivity contribution in [2.24, 2.45) is 0 Å². The fraction of sp³-hybridized carbons (Fsp3) is 0.267. The van der Waals surface area contributed by atoms with E-state index in [1.54, 1.807) is 25.2 Å². The van der Waals surface area contributed by atoms with Crippen LogP contribution < -0.4 is 10.1 Å². The molecule has 0 saturated heterocycles. The van der Waals surface area contributed by atoms with Crippen molar-refractivity contribution in [1.82, 2.24) is 9.97 Å².